The van der Waals surface area contributed by atoms with Crippen LogP contribution < -0.4 is 0 Å². The maximum absolute atomic E-state index is 3.05. The lowest BCUT2D eigenvalue weighted by molar-refractivity contribution is 1.45. The number of benzene rings is 2. The van der Waals surface area contributed by atoms with Gasteiger partial charge in [-0.3, -0.25) is 0 Å². The number of thioether (sulfide) groups is 2. The summed E-state index contributed by atoms with van der Waals surface area (Å²) in [7, 11) is 0. The number of hydrogen-bond acceptors (Lipinski definition) is 2. The molecule has 0 unspecified atom stereocenters. The van der Waals surface area contributed by atoms with Gasteiger partial charge in [0.25, 0.3) is 0 Å². The summed E-state index contributed by atoms with van der Waals surface area (Å²) in [6, 6.07) is 16.4. The molecule has 98 valence electrons. The SMILES string of the molecule is CSc1ccc(C#CC#Cc2ccc(SC)cc2)cc1. The Kier molecular flexibility index (Phi) is 5.69. The van der Waals surface area contributed by atoms with Gasteiger partial charge >= 0.3 is 0 Å². The van der Waals surface area contributed by atoms with Crippen molar-refractivity contribution in [3.8, 4) is 23.7 Å². The van der Waals surface area contributed by atoms with Crippen LogP contribution in [-0.4, -0.2) is 12.5 Å². The molecule has 0 saturated carbocycles. The Hall–Kier alpha value is -1.74. The van der Waals surface area contributed by atoms with Gasteiger partial charge in [-0.25, -0.2) is 0 Å². The van der Waals surface area contributed by atoms with Crippen molar-refractivity contribution in [2.75, 3.05) is 12.5 Å². The molecule has 0 saturated heterocycles. The molecule has 0 aromatic heterocycles. The Bertz CT molecular complexity index is 611. The van der Waals surface area contributed by atoms with Crippen molar-refractivity contribution >= 4 is 23.5 Å². The maximum atomic E-state index is 3.05. The predicted octanol–water partition coefficient (Wildman–Crippen LogP) is 4.53. The van der Waals surface area contributed by atoms with E-state index in [1.54, 1.807) is 23.5 Å². The topological polar surface area (TPSA) is 0 Å². The third-order valence-corrected chi connectivity index (χ3v) is 4.14. The van der Waals surface area contributed by atoms with Gasteiger partial charge in [0.15, 0.2) is 0 Å². The second kappa shape index (κ2) is 7.75. The van der Waals surface area contributed by atoms with Gasteiger partial charge in [-0.05, 0) is 72.9 Å². The predicted molar refractivity (Wildman–Crippen MR) is 90.2 cm³/mol. The lowest BCUT2D eigenvalue weighted by atomic mass is 10.2. The fourth-order valence-corrected chi connectivity index (χ4v) is 2.37. The summed E-state index contributed by atoms with van der Waals surface area (Å²) < 4.78 is 0. The molecule has 20 heavy (non-hydrogen) atoms. The van der Waals surface area contributed by atoms with E-state index in [-0.39, 0.29) is 0 Å². The van der Waals surface area contributed by atoms with E-state index in [0.29, 0.717) is 0 Å². The standard InChI is InChI=1S/C18H14S2/c1-19-17-11-7-15(8-12-17)5-3-4-6-16-9-13-18(20-2)14-10-16/h7-14H,1-2H3. The van der Waals surface area contributed by atoms with E-state index in [9.17, 15) is 0 Å². The molecule has 0 fully saturated rings. The Morgan fingerprint density at radius 3 is 1.25 bits per heavy atom. The molecule has 2 aromatic carbocycles. The van der Waals surface area contributed by atoms with Crippen LogP contribution in [-0.2, 0) is 0 Å². The van der Waals surface area contributed by atoms with Crippen molar-refractivity contribution in [1.29, 1.82) is 0 Å². The van der Waals surface area contributed by atoms with Crippen molar-refractivity contribution in [3.63, 3.8) is 0 Å². The molecule has 2 rings (SSSR count). The molecule has 0 aliphatic rings. The van der Waals surface area contributed by atoms with E-state index in [4.69, 9.17) is 0 Å². The maximum Gasteiger partial charge on any atom is 0.0256 e. The first kappa shape index (κ1) is 14.7. The summed E-state index contributed by atoms with van der Waals surface area (Å²) in [6.07, 6.45) is 4.13. The molecule has 0 heterocycles. The molecule has 2 heteroatoms. The van der Waals surface area contributed by atoms with Crippen LogP contribution in [0, 0.1) is 23.7 Å². The van der Waals surface area contributed by atoms with E-state index in [0.717, 1.165) is 11.1 Å². The van der Waals surface area contributed by atoms with Gasteiger partial charge in [-0.2, -0.15) is 0 Å². The highest BCUT2D eigenvalue weighted by atomic mass is 32.2. The summed E-state index contributed by atoms with van der Waals surface area (Å²) in [5, 5.41) is 0. The molecule has 0 nitrogen and oxygen atoms in total. The number of rotatable bonds is 2. The summed E-state index contributed by atoms with van der Waals surface area (Å²) in [6.45, 7) is 0. The van der Waals surface area contributed by atoms with Gasteiger partial charge in [0.2, 0.25) is 0 Å². The van der Waals surface area contributed by atoms with Crippen LogP contribution in [0.1, 0.15) is 11.1 Å². The van der Waals surface area contributed by atoms with Gasteiger partial charge in [-0.1, -0.05) is 11.8 Å². The summed E-state index contributed by atoms with van der Waals surface area (Å²) in [5.41, 5.74) is 1.99. The largest absolute Gasteiger partial charge is 0.130 e. The second-order valence-electron chi connectivity index (χ2n) is 3.96. The molecule has 0 N–H and O–H groups in total. The zero-order valence-corrected chi connectivity index (χ0v) is 13.1. The Morgan fingerprint density at radius 1 is 0.600 bits per heavy atom. The summed E-state index contributed by atoms with van der Waals surface area (Å²) in [5.74, 6) is 11.9. The average molecular weight is 294 g/mol. The van der Waals surface area contributed by atoms with Gasteiger partial charge in [-0.15, -0.1) is 23.5 Å². The highest BCUT2D eigenvalue weighted by Gasteiger charge is 1.89. The van der Waals surface area contributed by atoms with Gasteiger partial charge in [0.05, 0.1) is 0 Å². The van der Waals surface area contributed by atoms with Crippen LogP contribution in [0.5, 0.6) is 0 Å². The van der Waals surface area contributed by atoms with Crippen molar-refractivity contribution < 1.29 is 0 Å². The molecule has 2 aromatic rings. The first-order valence-electron chi connectivity index (χ1n) is 6.12. The minimum Gasteiger partial charge on any atom is -0.130 e. The Balaban J connectivity index is 2.04. The monoisotopic (exact) mass is 294 g/mol. The lowest BCUT2D eigenvalue weighted by Gasteiger charge is -1.94. The van der Waals surface area contributed by atoms with Crippen LogP contribution in [0.15, 0.2) is 58.3 Å². The fourth-order valence-electron chi connectivity index (χ4n) is 1.56. The van der Waals surface area contributed by atoms with Crippen molar-refractivity contribution in [3.05, 3.63) is 59.7 Å². The van der Waals surface area contributed by atoms with Crippen molar-refractivity contribution in [2.24, 2.45) is 0 Å². The molecule has 0 radical (unpaired) electrons. The van der Waals surface area contributed by atoms with Crippen LogP contribution in [0.3, 0.4) is 0 Å². The molecule has 0 bridgehead atoms. The summed E-state index contributed by atoms with van der Waals surface area (Å²) in [4.78, 5) is 2.49. The second-order valence-corrected chi connectivity index (χ2v) is 5.72. The molecular formula is C18H14S2. The van der Waals surface area contributed by atoms with Gasteiger partial charge in [0.1, 0.15) is 0 Å². The third-order valence-electron chi connectivity index (χ3n) is 2.66. The zero-order valence-electron chi connectivity index (χ0n) is 11.4. The molecule has 0 amide bonds. The van der Waals surface area contributed by atoms with E-state index < -0.39 is 0 Å². The fraction of sp³-hybridized carbons (Fsp3) is 0.111. The van der Waals surface area contributed by atoms with Crippen LogP contribution in [0.4, 0.5) is 0 Å². The van der Waals surface area contributed by atoms with Gasteiger partial charge in [0, 0.05) is 20.9 Å². The normalized spacial score (nSPS) is 9.10. The molecule has 0 spiro atoms. The highest BCUT2D eigenvalue weighted by Crippen LogP contribution is 2.14. The van der Waals surface area contributed by atoms with E-state index in [1.807, 2.05) is 24.3 Å². The minimum absolute atomic E-state index is 0.995. The minimum atomic E-state index is 0.995. The number of hydrogen-bond donors (Lipinski definition) is 0. The van der Waals surface area contributed by atoms with Crippen molar-refractivity contribution in [1.82, 2.24) is 0 Å². The Labute approximate surface area is 129 Å². The first-order valence-corrected chi connectivity index (χ1v) is 8.57. The van der Waals surface area contributed by atoms with Crippen molar-refractivity contribution in [2.45, 2.75) is 9.79 Å². The Morgan fingerprint density at radius 2 is 0.950 bits per heavy atom. The smallest absolute Gasteiger partial charge is 0.0256 e. The van der Waals surface area contributed by atoms with Crippen LogP contribution in [0.25, 0.3) is 0 Å². The van der Waals surface area contributed by atoms with Crippen LogP contribution in [0.2, 0.25) is 0 Å². The molecule has 0 aliphatic heterocycles. The summed E-state index contributed by atoms with van der Waals surface area (Å²) >= 11 is 3.46. The first-order chi connectivity index (χ1) is 9.81. The van der Waals surface area contributed by atoms with E-state index in [2.05, 4.69) is 60.5 Å². The average Bonchev–Trinajstić information content (AvgIpc) is 2.53. The highest BCUT2D eigenvalue weighted by molar-refractivity contribution is 7.98. The lowest BCUT2D eigenvalue weighted by Crippen LogP contribution is -1.75. The van der Waals surface area contributed by atoms with Gasteiger partial charge < -0.3 is 0 Å². The quantitative estimate of drug-likeness (QED) is 0.589. The third kappa shape index (κ3) is 4.42. The van der Waals surface area contributed by atoms with E-state index in [1.165, 1.54) is 9.79 Å². The van der Waals surface area contributed by atoms with E-state index >= 15 is 0 Å². The van der Waals surface area contributed by atoms with Crippen LogP contribution >= 0.6 is 23.5 Å². The molecular weight excluding hydrogens is 280 g/mol. The molecule has 0 aliphatic carbocycles. The molecule has 0 atom stereocenters. The zero-order chi connectivity index (χ0) is 14.2.